The quantitative estimate of drug-likeness (QED) is 0.135. The van der Waals surface area contributed by atoms with E-state index in [0.29, 0.717) is 0 Å². The molecule has 2 heteroatoms. The fraction of sp³-hybridized carbons (Fsp3) is 0.889. The second-order valence-corrected chi connectivity index (χ2v) is 8.96. The number of allylic oxidation sites excluding steroid dienone is 1. The summed E-state index contributed by atoms with van der Waals surface area (Å²) in [5.74, 6) is -0.925. The molecule has 0 saturated heterocycles. The van der Waals surface area contributed by atoms with Crippen molar-refractivity contribution < 1.29 is 9.90 Å². The van der Waals surface area contributed by atoms with Crippen molar-refractivity contribution in [1.29, 1.82) is 0 Å². The van der Waals surface area contributed by atoms with Gasteiger partial charge in [-0.3, -0.25) is 4.79 Å². The number of hydrogen-bond donors (Lipinski definition) is 1. The molecule has 0 spiro atoms. The molecule has 172 valence electrons. The lowest BCUT2D eigenvalue weighted by Gasteiger charge is -2.07. The molecule has 0 saturated carbocycles. The molecule has 1 unspecified atom stereocenters. The lowest BCUT2D eigenvalue weighted by molar-refractivity contribution is -0.140. The highest BCUT2D eigenvalue weighted by Gasteiger charge is 2.12. The molecule has 0 aromatic heterocycles. The molecule has 0 aliphatic carbocycles. The monoisotopic (exact) mass is 408 g/mol. The summed E-state index contributed by atoms with van der Waals surface area (Å²) >= 11 is 0. The molecule has 0 radical (unpaired) electrons. The summed E-state index contributed by atoms with van der Waals surface area (Å²) in [6.45, 7) is 4.52. The summed E-state index contributed by atoms with van der Waals surface area (Å²) in [6, 6.07) is 0. The zero-order chi connectivity index (χ0) is 21.4. The molecule has 0 aliphatic rings. The van der Waals surface area contributed by atoms with Crippen LogP contribution in [-0.4, -0.2) is 11.1 Å². The molecular weight excluding hydrogens is 356 g/mol. The van der Waals surface area contributed by atoms with Crippen molar-refractivity contribution in [3.63, 3.8) is 0 Å². The Hall–Kier alpha value is -0.790. The van der Waals surface area contributed by atoms with Gasteiger partial charge in [0.05, 0.1) is 5.92 Å². The highest BCUT2D eigenvalue weighted by molar-refractivity contribution is 5.72. The first-order valence-corrected chi connectivity index (χ1v) is 13.1. The van der Waals surface area contributed by atoms with Gasteiger partial charge in [0.25, 0.3) is 0 Å². The molecule has 0 fully saturated rings. The Morgan fingerprint density at radius 3 is 1.41 bits per heavy atom. The van der Waals surface area contributed by atoms with E-state index in [9.17, 15) is 9.90 Å². The van der Waals surface area contributed by atoms with Crippen LogP contribution < -0.4 is 0 Å². The van der Waals surface area contributed by atoms with Crippen molar-refractivity contribution in [2.45, 2.75) is 149 Å². The molecule has 0 aliphatic heterocycles. The number of aliphatic carboxylic acids is 1. The zero-order valence-corrected chi connectivity index (χ0v) is 19.9. The molecule has 0 heterocycles. The Bertz CT molecular complexity index is 362. The zero-order valence-electron chi connectivity index (χ0n) is 19.9. The largest absolute Gasteiger partial charge is 0.481 e. The number of unbranched alkanes of at least 4 members (excludes halogenated alkanes) is 18. The maximum atomic E-state index is 11.4. The summed E-state index contributed by atoms with van der Waals surface area (Å²) in [7, 11) is 0. The van der Waals surface area contributed by atoms with E-state index in [1.807, 2.05) is 6.08 Å². The minimum atomic E-state index is -0.650. The molecular formula is C27H52O2. The van der Waals surface area contributed by atoms with E-state index in [4.69, 9.17) is 0 Å². The summed E-state index contributed by atoms with van der Waals surface area (Å²) in [6.07, 6.45) is 31.1. The average Bonchev–Trinajstić information content (AvgIpc) is 2.71. The Labute approximate surface area is 182 Å². The number of rotatable bonds is 23. The summed E-state index contributed by atoms with van der Waals surface area (Å²) < 4.78 is 0. The van der Waals surface area contributed by atoms with Crippen molar-refractivity contribution in [2.24, 2.45) is 5.92 Å². The van der Waals surface area contributed by atoms with Crippen molar-refractivity contribution in [2.75, 3.05) is 0 Å². The van der Waals surface area contributed by atoms with E-state index < -0.39 is 5.97 Å². The summed E-state index contributed by atoms with van der Waals surface area (Å²) in [5, 5.41) is 9.41. The van der Waals surface area contributed by atoms with Gasteiger partial charge in [0.1, 0.15) is 0 Å². The molecule has 0 bridgehead atoms. The molecule has 0 aromatic rings. The van der Waals surface area contributed by atoms with Gasteiger partial charge in [0.15, 0.2) is 0 Å². The van der Waals surface area contributed by atoms with E-state index in [1.54, 1.807) is 0 Å². The van der Waals surface area contributed by atoms with Gasteiger partial charge in [-0.05, 0) is 19.3 Å². The van der Waals surface area contributed by atoms with Crippen molar-refractivity contribution in [3.8, 4) is 0 Å². The first-order chi connectivity index (χ1) is 14.2. The average molecular weight is 409 g/mol. The first kappa shape index (κ1) is 28.2. The van der Waals surface area contributed by atoms with Crippen molar-refractivity contribution in [3.05, 3.63) is 12.2 Å². The predicted octanol–water partition coefficient (Wildman–Crippen LogP) is 9.48. The van der Waals surface area contributed by atoms with E-state index in [2.05, 4.69) is 19.9 Å². The SMILES string of the molecule is CCCCCCCCCCCCCC=CC(CCCCCCCCCC)C(=O)O. The highest BCUT2D eigenvalue weighted by Crippen LogP contribution is 2.16. The van der Waals surface area contributed by atoms with Crippen LogP contribution in [0.5, 0.6) is 0 Å². The normalized spacial score (nSPS) is 12.6. The van der Waals surface area contributed by atoms with E-state index in [0.717, 1.165) is 19.3 Å². The molecule has 2 nitrogen and oxygen atoms in total. The Morgan fingerprint density at radius 2 is 1.00 bits per heavy atom. The van der Waals surface area contributed by atoms with E-state index in [1.165, 1.54) is 116 Å². The second-order valence-electron chi connectivity index (χ2n) is 8.96. The van der Waals surface area contributed by atoms with Crippen LogP contribution in [0.1, 0.15) is 149 Å². The van der Waals surface area contributed by atoms with Crippen LogP contribution in [0.3, 0.4) is 0 Å². The maximum absolute atomic E-state index is 11.4. The smallest absolute Gasteiger partial charge is 0.310 e. The fourth-order valence-electron chi connectivity index (χ4n) is 3.99. The second kappa shape index (κ2) is 23.5. The summed E-state index contributed by atoms with van der Waals surface area (Å²) in [5.41, 5.74) is 0. The lowest BCUT2D eigenvalue weighted by Crippen LogP contribution is -2.10. The minimum Gasteiger partial charge on any atom is -0.481 e. The fourth-order valence-corrected chi connectivity index (χ4v) is 3.99. The number of hydrogen-bond acceptors (Lipinski definition) is 1. The first-order valence-electron chi connectivity index (χ1n) is 13.1. The van der Waals surface area contributed by atoms with Gasteiger partial charge in [-0.15, -0.1) is 0 Å². The Kier molecular flexibility index (Phi) is 22.8. The lowest BCUT2D eigenvalue weighted by atomic mass is 9.99. The molecule has 0 aromatic carbocycles. The van der Waals surface area contributed by atoms with Crippen LogP contribution in [0.4, 0.5) is 0 Å². The molecule has 1 atom stereocenters. The van der Waals surface area contributed by atoms with Crippen LogP contribution in [0.15, 0.2) is 12.2 Å². The number of carboxylic acid groups (broad SMARTS) is 1. The van der Waals surface area contributed by atoms with Crippen molar-refractivity contribution >= 4 is 5.97 Å². The molecule has 0 amide bonds. The van der Waals surface area contributed by atoms with Gasteiger partial charge in [-0.2, -0.15) is 0 Å². The third-order valence-corrected chi connectivity index (χ3v) is 6.03. The molecule has 29 heavy (non-hydrogen) atoms. The third-order valence-electron chi connectivity index (χ3n) is 6.03. The van der Waals surface area contributed by atoms with E-state index >= 15 is 0 Å². The summed E-state index contributed by atoms with van der Waals surface area (Å²) in [4.78, 5) is 11.4. The minimum absolute atomic E-state index is 0.275. The van der Waals surface area contributed by atoms with Gasteiger partial charge in [-0.25, -0.2) is 0 Å². The van der Waals surface area contributed by atoms with Crippen LogP contribution in [-0.2, 0) is 4.79 Å². The van der Waals surface area contributed by atoms with Gasteiger partial charge in [-0.1, -0.05) is 142 Å². The van der Waals surface area contributed by atoms with Gasteiger partial charge < -0.3 is 5.11 Å². The van der Waals surface area contributed by atoms with Crippen LogP contribution in [0.25, 0.3) is 0 Å². The Morgan fingerprint density at radius 1 is 0.621 bits per heavy atom. The van der Waals surface area contributed by atoms with Crippen LogP contribution in [0.2, 0.25) is 0 Å². The third kappa shape index (κ3) is 21.7. The Balaban J connectivity index is 3.53. The van der Waals surface area contributed by atoms with E-state index in [-0.39, 0.29) is 5.92 Å². The molecule has 1 N–H and O–H groups in total. The van der Waals surface area contributed by atoms with Gasteiger partial charge >= 0.3 is 5.97 Å². The van der Waals surface area contributed by atoms with Gasteiger partial charge in [0.2, 0.25) is 0 Å². The predicted molar refractivity (Wildman–Crippen MR) is 129 cm³/mol. The number of carboxylic acids is 1. The maximum Gasteiger partial charge on any atom is 0.310 e. The topological polar surface area (TPSA) is 37.3 Å². The van der Waals surface area contributed by atoms with Crippen molar-refractivity contribution in [1.82, 2.24) is 0 Å². The van der Waals surface area contributed by atoms with Crippen LogP contribution >= 0.6 is 0 Å². The highest BCUT2D eigenvalue weighted by atomic mass is 16.4. The number of carbonyl (C=O) groups is 1. The molecule has 0 rings (SSSR count). The standard InChI is InChI=1S/C27H52O2/c1-3-5-7-9-11-13-14-15-16-17-19-21-23-25-26(27(28)29)24-22-20-18-12-10-8-6-4-2/h23,25-26H,3-22,24H2,1-2H3,(H,28,29). The van der Waals surface area contributed by atoms with Crippen LogP contribution in [0, 0.1) is 5.92 Å². The van der Waals surface area contributed by atoms with Gasteiger partial charge in [0, 0.05) is 0 Å².